The zero-order chi connectivity index (χ0) is 22.9. The molecule has 3 aromatic heterocycles. The lowest BCUT2D eigenvalue weighted by Gasteiger charge is -2.25. The van der Waals surface area contributed by atoms with Gasteiger partial charge in [-0.25, -0.2) is 15.0 Å². The molecule has 1 fully saturated rings. The van der Waals surface area contributed by atoms with E-state index in [1.165, 1.54) is 24.5 Å². The van der Waals surface area contributed by atoms with Gasteiger partial charge in [0, 0.05) is 12.1 Å². The van der Waals surface area contributed by atoms with Crippen molar-refractivity contribution in [3.8, 4) is 0 Å². The highest BCUT2D eigenvalue weighted by Crippen LogP contribution is 2.33. The number of halogens is 1. The summed E-state index contributed by atoms with van der Waals surface area (Å²) in [7, 11) is 0. The molecule has 0 aromatic carbocycles. The Morgan fingerprint density at radius 2 is 2.03 bits per heavy atom. The van der Waals surface area contributed by atoms with Crippen LogP contribution in [0.1, 0.15) is 40.2 Å². The number of hydrogen-bond acceptors (Lipinski definition) is 9. The Morgan fingerprint density at radius 1 is 1.15 bits per heavy atom. The van der Waals surface area contributed by atoms with E-state index in [1.54, 1.807) is 0 Å². The van der Waals surface area contributed by atoms with E-state index in [-0.39, 0.29) is 5.91 Å². The zero-order valence-corrected chi connectivity index (χ0v) is 18.4. The molecule has 0 saturated carbocycles. The predicted molar refractivity (Wildman–Crippen MR) is 121 cm³/mol. The van der Waals surface area contributed by atoms with E-state index in [9.17, 15) is 14.0 Å². The van der Waals surface area contributed by atoms with Crippen molar-refractivity contribution in [2.75, 3.05) is 22.1 Å². The molecule has 170 valence electrons. The molecule has 1 aliphatic carbocycles. The van der Waals surface area contributed by atoms with Gasteiger partial charge >= 0.3 is 0 Å². The molecule has 4 heterocycles. The summed E-state index contributed by atoms with van der Waals surface area (Å²) in [6.07, 6.45) is 6.82. The number of pyridine rings is 1. The number of nitrogens with zero attached hydrogens (tertiary/aromatic N) is 5. The van der Waals surface area contributed by atoms with Gasteiger partial charge in [0.15, 0.2) is 5.13 Å². The first-order chi connectivity index (χ1) is 16.0. The summed E-state index contributed by atoms with van der Waals surface area (Å²) in [6, 6.07) is 2.22. The Balaban J connectivity index is 1.40. The molecule has 10 nitrogen and oxygen atoms in total. The van der Waals surface area contributed by atoms with Crippen molar-refractivity contribution >= 4 is 45.7 Å². The third kappa shape index (κ3) is 4.33. The molecule has 2 amide bonds. The lowest BCUT2D eigenvalue weighted by Crippen LogP contribution is -2.40. The number of carbonyl (C=O) groups is 2. The average Bonchev–Trinajstić information content (AvgIpc) is 3.55. The molecule has 33 heavy (non-hydrogen) atoms. The van der Waals surface area contributed by atoms with Crippen LogP contribution in [-0.2, 0) is 17.6 Å². The molecule has 1 aliphatic heterocycles. The van der Waals surface area contributed by atoms with Crippen LogP contribution < -0.4 is 21.3 Å². The van der Waals surface area contributed by atoms with Gasteiger partial charge in [0.2, 0.25) is 17.8 Å². The third-order valence-electron chi connectivity index (χ3n) is 5.70. The largest absolute Gasteiger partial charge is 0.365 e. The number of anilines is 4. The van der Waals surface area contributed by atoms with Crippen LogP contribution in [0.25, 0.3) is 0 Å². The van der Waals surface area contributed by atoms with Crippen LogP contribution in [-0.4, -0.2) is 44.3 Å². The van der Waals surface area contributed by atoms with Crippen molar-refractivity contribution in [2.24, 2.45) is 5.73 Å². The fourth-order valence-corrected chi connectivity index (χ4v) is 4.82. The van der Waals surface area contributed by atoms with Gasteiger partial charge in [0.25, 0.3) is 5.91 Å². The van der Waals surface area contributed by atoms with Crippen molar-refractivity contribution in [1.29, 1.82) is 0 Å². The Bertz CT molecular complexity index is 1220. The number of fused-ring (bicyclic) bond motifs is 1. The SMILES string of the molecule is NC(=O)c1cnc(Nc2nc(N3CCC[C@H]3C(=O)Nc3ccc(F)nc3)nc3c2CCC3)s1. The minimum absolute atomic E-state index is 0.217. The molecule has 1 atom stereocenters. The Morgan fingerprint density at radius 3 is 2.79 bits per heavy atom. The van der Waals surface area contributed by atoms with Crippen LogP contribution >= 0.6 is 11.3 Å². The van der Waals surface area contributed by atoms with Gasteiger partial charge in [-0.05, 0) is 44.2 Å². The number of primary amides is 1. The first-order valence-electron chi connectivity index (χ1n) is 10.6. The van der Waals surface area contributed by atoms with Gasteiger partial charge in [0.1, 0.15) is 16.7 Å². The van der Waals surface area contributed by atoms with Gasteiger partial charge in [0.05, 0.1) is 23.8 Å². The Kier molecular flexibility index (Phi) is 5.58. The molecular weight excluding hydrogens is 447 g/mol. The number of nitrogens with one attached hydrogen (secondary N) is 2. The molecule has 4 N–H and O–H groups in total. The molecule has 5 rings (SSSR count). The molecule has 0 spiro atoms. The summed E-state index contributed by atoms with van der Waals surface area (Å²) in [6.45, 7) is 0.640. The van der Waals surface area contributed by atoms with Crippen LogP contribution in [0.4, 0.5) is 27.0 Å². The molecule has 3 aromatic rings. The first kappa shape index (κ1) is 21.2. The van der Waals surface area contributed by atoms with Crippen molar-refractivity contribution in [3.05, 3.63) is 46.6 Å². The van der Waals surface area contributed by atoms with Gasteiger partial charge in [-0.1, -0.05) is 11.3 Å². The standard InChI is InChI=1S/C21H21FN8O2S/c22-16-7-6-11(9-24-16)26-19(32)14-5-2-8-30(14)20-27-13-4-1-3-12(13)18(28-20)29-21-25-10-15(33-21)17(23)31/h6-7,9-10,14H,1-5,8H2,(H2,23,31)(H,26,32)(H,25,27,28,29)/t14-/m0/s1. The minimum atomic E-state index is -0.606. The van der Waals surface area contributed by atoms with E-state index in [2.05, 4.69) is 20.6 Å². The number of hydrogen-bond donors (Lipinski definition) is 3. The number of thiazole rings is 1. The summed E-state index contributed by atoms with van der Waals surface area (Å²) >= 11 is 1.16. The number of amides is 2. The topological polar surface area (TPSA) is 139 Å². The maximum Gasteiger partial charge on any atom is 0.260 e. The monoisotopic (exact) mass is 468 g/mol. The lowest BCUT2D eigenvalue weighted by molar-refractivity contribution is -0.117. The number of carbonyl (C=O) groups excluding carboxylic acids is 2. The summed E-state index contributed by atoms with van der Waals surface area (Å²) in [5.41, 5.74) is 7.73. The smallest absolute Gasteiger partial charge is 0.260 e. The predicted octanol–water partition coefficient (Wildman–Crippen LogP) is 2.41. The van der Waals surface area contributed by atoms with E-state index in [0.717, 1.165) is 48.3 Å². The second kappa shape index (κ2) is 8.70. The van der Waals surface area contributed by atoms with Crippen molar-refractivity contribution < 1.29 is 14.0 Å². The van der Waals surface area contributed by atoms with E-state index in [0.29, 0.717) is 40.4 Å². The van der Waals surface area contributed by atoms with Crippen molar-refractivity contribution in [1.82, 2.24) is 19.9 Å². The molecule has 0 bridgehead atoms. The van der Waals surface area contributed by atoms with E-state index < -0.39 is 17.9 Å². The van der Waals surface area contributed by atoms with Gasteiger partial charge in [-0.15, -0.1) is 0 Å². The second-order valence-electron chi connectivity index (χ2n) is 7.88. The highest BCUT2D eigenvalue weighted by Gasteiger charge is 2.34. The molecule has 12 heteroatoms. The molecule has 1 saturated heterocycles. The average molecular weight is 469 g/mol. The van der Waals surface area contributed by atoms with Crippen LogP contribution in [0.15, 0.2) is 24.5 Å². The van der Waals surface area contributed by atoms with Crippen LogP contribution in [0.5, 0.6) is 0 Å². The van der Waals surface area contributed by atoms with E-state index in [1.807, 2.05) is 4.90 Å². The van der Waals surface area contributed by atoms with Crippen molar-refractivity contribution in [3.63, 3.8) is 0 Å². The highest BCUT2D eigenvalue weighted by molar-refractivity contribution is 7.17. The van der Waals surface area contributed by atoms with Crippen molar-refractivity contribution in [2.45, 2.75) is 38.1 Å². The fourth-order valence-electron chi connectivity index (χ4n) is 4.15. The third-order valence-corrected chi connectivity index (χ3v) is 6.63. The van der Waals surface area contributed by atoms with Crippen LogP contribution in [0.3, 0.4) is 0 Å². The molecule has 2 aliphatic rings. The summed E-state index contributed by atoms with van der Waals surface area (Å²) in [5, 5.41) is 6.52. The van der Waals surface area contributed by atoms with Gasteiger partial charge < -0.3 is 21.3 Å². The number of rotatable bonds is 6. The maximum atomic E-state index is 13.1. The quantitative estimate of drug-likeness (QED) is 0.469. The zero-order valence-electron chi connectivity index (χ0n) is 17.5. The number of aryl methyl sites for hydroxylation is 1. The Labute approximate surface area is 192 Å². The van der Waals surface area contributed by atoms with Crippen LogP contribution in [0, 0.1) is 5.95 Å². The Hall–Kier alpha value is -3.67. The molecule has 0 radical (unpaired) electrons. The van der Waals surface area contributed by atoms with Crippen LogP contribution in [0.2, 0.25) is 0 Å². The van der Waals surface area contributed by atoms with E-state index in [4.69, 9.17) is 15.7 Å². The molecule has 0 unspecified atom stereocenters. The minimum Gasteiger partial charge on any atom is -0.365 e. The maximum absolute atomic E-state index is 13.1. The molecular formula is C21H21FN8O2S. The van der Waals surface area contributed by atoms with Gasteiger partial charge in [-0.3, -0.25) is 9.59 Å². The number of aromatic nitrogens is 4. The van der Waals surface area contributed by atoms with Gasteiger partial charge in [-0.2, -0.15) is 9.37 Å². The first-order valence-corrected chi connectivity index (χ1v) is 11.4. The summed E-state index contributed by atoms with van der Waals surface area (Å²) in [5.74, 6) is -0.251. The summed E-state index contributed by atoms with van der Waals surface area (Å²) in [4.78, 5) is 43.9. The lowest BCUT2D eigenvalue weighted by atomic mass is 10.2. The normalized spacial score (nSPS) is 17.1. The highest BCUT2D eigenvalue weighted by atomic mass is 32.1. The fraction of sp³-hybridized carbons (Fsp3) is 0.333. The summed E-state index contributed by atoms with van der Waals surface area (Å²) < 4.78 is 13.1. The number of nitrogens with two attached hydrogens (primary N) is 1. The second-order valence-corrected chi connectivity index (χ2v) is 8.91. The van der Waals surface area contributed by atoms with E-state index >= 15 is 0 Å².